The molecule has 1 aromatic carbocycles. The predicted molar refractivity (Wildman–Crippen MR) is 139 cm³/mol. The van der Waals surface area contributed by atoms with Crippen LogP contribution in [0.3, 0.4) is 0 Å². The number of rotatable bonds is 6. The summed E-state index contributed by atoms with van der Waals surface area (Å²) >= 11 is 2.71. The molecule has 174 valence electrons. The Bertz CT molecular complexity index is 1420. The van der Waals surface area contributed by atoms with E-state index in [0.717, 1.165) is 64.0 Å². The molecule has 8 heteroatoms. The fraction of sp³-hybridized carbons (Fsp3) is 0.269. The summed E-state index contributed by atoms with van der Waals surface area (Å²) < 4.78 is 5.11. The lowest BCUT2D eigenvalue weighted by Gasteiger charge is -2.17. The normalized spacial score (nSPS) is 12.3. The van der Waals surface area contributed by atoms with Gasteiger partial charge in [0.2, 0.25) is 0 Å². The van der Waals surface area contributed by atoms with Gasteiger partial charge in [-0.1, -0.05) is 37.6 Å². The van der Waals surface area contributed by atoms with Crippen LogP contribution in [0.1, 0.15) is 55.9 Å². The largest absolute Gasteiger partial charge is 0.465 e. The molecule has 3 heterocycles. The van der Waals surface area contributed by atoms with Gasteiger partial charge in [-0.05, 0) is 48.9 Å². The zero-order chi connectivity index (χ0) is 23.8. The Kier molecular flexibility index (Phi) is 6.10. The molecule has 0 radical (unpaired) electrons. The third kappa shape index (κ3) is 3.86. The van der Waals surface area contributed by atoms with Crippen molar-refractivity contribution in [2.24, 2.45) is 0 Å². The number of amides is 1. The van der Waals surface area contributed by atoms with Crippen LogP contribution in [0.4, 0.5) is 10.7 Å². The molecule has 0 spiro atoms. The third-order valence-electron chi connectivity index (χ3n) is 6.15. The molecule has 6 nitrogen and oxygen atoms in total. The van der Waals surface area contributed by atoms with E-state index in [9.17, 15) is 9.59 Å². The van der Waals surface area contributed by atoms with Gasteiger partial charge in [-0.25, -0.2) is 9.78 Å². The molecular weight excluding hydrogens is 466 g/mol. The zero-order valence-electron chi connectivity index (χ0n) is 19.1. The van der Waals surface area contributed by atoms with Gasteiger partial charge < -0.3 is 15.8 Å². The van der Waals surface area contributed by atoms with Crippen LogP contribution in [0.5, 0.6) is 0 Å². The van der Waals surface area contributed by atoms with Gasteiger partial charge in [0.05, 0.1) is 12.8 Å². The summed E-state index contributed by atoms with van der Waals surface area (Å²) in [5.41, 5.74) is 11.2. The van der Waals surface area contributed by atoms with Gasteiger partial charge in [0.1, 0.15) is 20.3 Å². The number of esters is 1. The van der Waals surface area contributed by atoms with Crippen molar-refractivity contribution in [3.8, 4) is 11.1 Å². The van der Waals surface area contributed by atoms with Crippen LogP contribution in [0.15, 0.2) is 36.4 Å². The average molecular weight is 492 g/mol. The minimum Gasteiger partial charge on any atom is -0.465 e. The van der Waals surface area contributed by atoms with Crippen molar-refractivity contribution in [2.75, 3.05) is 18.2 Å². The second-order valence-corrected chi connectivity index (χ2v) is 10.4. The maximum absolute atomic E-state index is 13.3. The van der Waals surface area contributed by atoms with Crippen LogP contribution in [0.2, 0.25) is 0 Å². The van der Waals surface area contributed by atoms with Crippen LogP contribution in [-0.2, 0) is 24.0 Å². The summed E-state index contributed by atoms with van der Waals surface area (Å²) in [4.78, 5) is 33.1. The molecule has 34 heavy (non-hydrogen) atoms. The van der Waals surface area contributed by atoms with Crippen molar-refractivity contribution >= 4 is 55.5 Å². The van der Waals surface area contributed by atoms with E-state index in [2.05, 4.69) is 18.3 Å². The Morgan fingerprint density at radius 1 is 1.15 bits per heavy atom. The van der Waals surface area contributed by atoms with E-state index in [1.54, 1.807) is 0 Å². The third-order valence-corrected chi connectivity index (χ3v) is 8.43. The summed E-state index contributed by atoms with van der Waals surface area (Å²) in [5, 5.41) is 4.24. The minimum absolute atomic E-state index is 0.340. The Balaban J connectivity index is 1.52. The van der Waals surface area contributed by atoms with E-state index >= 15 is 0 Å². The molecule has 1 aliphatic carbocycles. The number of nitrogen functional groups attached to an aromatic ring is 1. The van der Waals surface area contributed by atoms with Crippen molar-refractivity contribution in [1.82, 2.24) is 4.98 Å². The van der Waals surface area contributed by atoms with Gasteiger partial charge in [0, 0.05) is 21.5 Å². The quantitative estimate of drug-likeness (QED) is 0.318. The van der Waals surface area contributed by atoms with Crippen LogP contribution in [-0.4, -0.2) is 24.0 Å². The number of benzene rings is 1. The fourth-order valence-corrected chi connectivity index (χ4v) is 6.62. The number of nitrogens with two attached hydrogens (primary N) is 1. The Labute approximate surface area is 205 Å². The van der Waals surface area contributed by atoms with E-state index in [1.165, 1.54) is 35.3 Å². The molecule has 4 aromatic rings. The number of aryl methyl sites for hydroxylation is 3. The summed E-state index contributed by atoms with van der Waals surface area (Å²) in [6.07, 6.45) is 4.77. The number of methoxy groups -OCH3 is 1. The highest BCUT2D eigenvalue weighted by molar-refractivity contribution is 7.21. The van der Waals surface area contributed by atoms with Crippen molar-refractivity contribution < 1.29 is 14.3 Å². The molecule has 0 aliphatic heterocycles. The van der Waals surface area contributed by atoms with E-state index < -0.39 is 5.97 Å². The van der Waals surface area contributed by atoms with E-state index in [4.69, 9.17) is 15.5 Å². The summed E-state index contributed by atoms with van der Waals surface area (Å²) in [6.45, 7) is 2.15. The maximum Gasteiger partial charge on any atom is 0.341 e. The molecule has 0 fully saturated rings. The standard InChI is InChI=1S/C26H25N3O3S2/c1-3-4-8-15-11-12-17-21(27)22(34-24(17)28-15)23(30)29-25-20(26(31)32-2)19-16-9-6-5-7-14(16)10-13-18(19)33-25/h5-7,9,11-12H,3-4,8,10,13,27H2,1-2H3,(H,29,30). The Hall–Kier alpha value is -3.23. The topological polar surface area (TPSA) is 94.3 Å². The summed E-state index contributed by atoms with van der Waals surface area (Å²) in [5.74, 6) is -0.802. The number of carbonyl (C=O) groups excluding carboxylic acids is 2. The molecule has 0 bridgehead atoms. The molecule has 5 rings (SSSR count). The predicted octanol–water partition coefficient (Wildman–Crippen LogP) is 6.09. The van der Waals surface area contributed by atoms with Gasteiger partial charge in [-0.3, -0.25) is 4.79 Å². The minimum atomic E-state index is -0.462. The first-order chi connectivity index (χ1) is 16.5. The van der Waals surface area contributed by atoms with Crippen molar-refractivity contribution in [3.05, 3.63) is 63.0 Å². The van der Waals surface area contributed by atoms with E-state index in [-0.39, 0.29) is 5.91 Å². The number of aromatic nitrogens is 1. The lowest BCUT2D eigenvalue weighted by atomic mass is 9.88. The molecule has 0 saturated heterocycles. The lowest BCUT2D eigenvalue weighted by molar-refractivity contribution is 0.0603. The van der Waals surface area contributed by atoms with Crippen molar-refractivity contribution in [3.63, 3.8) is 0 Å². The van der Waals surface area contributed by atoms with Gasteiger partial charge in [-0.15, -0.1) is 22.7 Å². The van der Waals surface area contributed by atoms with Crippen molar-refractivity contribution in [1.29, 1.82) is 0 Å². The number of hydrogen-bond acceptors (Lipinski definition) is 7. The molecule has 3 N–H and O–H groups in total. The van der Waals surface area contributed by atoms with E-state index in [0.29, 0.717) is 21.1 Å². The number of thiophene rings is 2. The molecule has 0 atom stereocenters. The van der Waals surface area contributed by atoms with Gasteiger partial charge in [-0.2, -0.15) is 0 Å². The summed E-state index contributed by atoms with van der Waals surface area (Å²) in [7, 11) is 1.36. The number of carbonyl (C=O) groups is 2. The number of pyridine rings is 1. The average Bonchev–Trinajstić information content (AvgIpc) is 3.39. The monoisotopic (exact) mass is 491 g/mol. The highest BCUT2D eigenvalue weighted by Crippen LogP contribution is 2.46. The number of fused-ring (bicyclic) bond motifs is 4. The van der Waals surface area contributed by atoms with Gasteiger partial charge >= 0.3 is 5.97 Å². The van der Waals surface area contributed by atoms with Gasteiger partial charge in [0.15, 0.2) is 0 Å². The second-order valence-electron chi connectivity index (χ2n) is 8.31. The first-order valence-corrected chi connectivity index (χ1v) is 13.0. The Morgan fingerprint density at radius 3 is 2.76 bits per heavy atom. The van der Waals surface area contributed by atoms with Crippen LogP contribution < -0.4 is 11.1 Å². The fourth-order valence-electron chi connectivity index (χ4n) is 4.42. The van der Waals surface area contributed by atoms with Crippen LogP contribution in [0.25, 0.3) is 21.3 Å². The highest BCUT2D eigenvalue weighted by atomic mass is 32.1. The zero-order valence-corrected chi connectivity index (χ0v) is 20.7. The van der Waals surface area contributed by atoms with Crippen LogP contribution in [0, 0.1) is 0 Å². The molecule has 3 aromatic heterocycles. The molecule has 1 aliphatic rings. The molecule has 0 saturated carbocycles. The SMILES string of the molecule is CCCCc1ccc2c(N)c(C(=O)Nc3sc4c(c3C(=O)OC)-c3ccccc3CC4)sc2n1. The summed E-state index contributed by atoms with van der Waals surface area (Å²) in [6, 6.07) is 12.0. The number of nitrogens with zero attached hydrogens (tertiary/aromatic N) is 1. The number of ether oxygens (including phenoxy) is 1. The maximum atomic E-state index is 13.3. The van der Waals surface area contributed by atoms with Gasteiger partial charge in [0.25, 0.3) is 5.91 Å². The molecular formula is C26H25N3O3S2. The lowest BCUT2D eigenvalue weighted by Crippen LogP contribution is -2.14. The number of hydrogen-bond donors (Lipinski definition) is 2. The number of anilines is 2. The van der Waals surface area contributed by atoms with Crippen molar-refractivity contribution in [2.45, 2.75) is 39.0 Å². The highest BCUT2D eigenvalue weighted by Gasteiger charge is 2.30. The first-order valence-electron chi connectivity index (χ1n) is 11.3. The Morgan fingerprint density at radius 2 is 1.97 bits per heavy atom. The second kappa shape index (κ2) is 9.19. The molecule has 1 amide bonds. The number of nitrogens with one attached hydrogen (secondary N) is 1. The van der Waals surface area contributed by atoms with Crippen LogP contribution >= 0.6 is 22.7 Å². The first kappa shape index (κ1) is 22.6. The molecule has 0 unspecified atom stereocenters. The smallest absolute Gasteiger partial charge is 0.341 e. The number of unbranched alkanes of at least 4 members (excludes halogenated alkanes) is 1. The van der Waals surface area contributed by atoms with E-state index in [1.807, 2.05) is 30.3 Å².